The summed E-state index contributed by atoms with van der Waals surface area (Å²) < 4.78 is 5.49. The predicted octanol–water partition coefficient (Wildman–Crippen LogP) is 3.50. The van der Waals surface area contributed by atoms with Gasteiger partial charge in [0.25, 0.3) is 11.8 Å². The lowest BCUT2D eigenvalue weighted by Gasteiger charge is -2.11. The van der Waals surface area contributed by atoms with Crippen molar-refractivity contribution in [3.63, 3.8) is 0 Å². The van der Waals surface area contributed by atoms with Crippen LogP contribution in [0.4, 0.5) is 5.69 Å². The number of carbonyl (C=O) groups is 2. The largest absolute Gasteiger partial charge is 0.376 e. The molecule has 0 radical (unpaired) electrons. The van der Waals surface area contributed by atoms with E-state index in [4.69, 9.17) is 16.3 Å². The van der Waals surface area contributed by atoms with Crippen LogP contribution in [0.5, 0.6) is 0 Å². The molecule has 0 aliphatic carbocycles. The van der Waals surface area contributed by atoms with Gasteiger partial charge in [-0.2, -0.15) is 0 Å². The van der Waals surface area contributed by atoms with Crippen molar-refractivity contribution >= 4 is 29.1 Å². The number of carbonyl (C=O) groups excluding carboxylic acids is 2. The van der Waals surface area contributed by atoms with Gasteiger partial charge in [-0.05, 0) is 55.3 Å². The van der Waals surface area contributed by atoms with Gasteiger partial charge in [-0.25, -0.2) is 0 Å². The molecule has 2 aromatic carbocycles. The number of nitrogens with one attached hydrogen (secondary N) is 2. The van der Waals surface area contributed by atoms with Crippen LogP contribution < -0.4 is 10.6 Å². The van der Waals surface area contributed by atoms with Gasteiger partial charge in [0, 0.05) is 35.0 Å². The Morgan fingerprint density at radius 1 is 1.08 bits per heavy atom. The Morgan fingerprint density at radius 2 is 1.80 bits per heavy atom. The van der Waals surface area contributed by atoms with E-state index >= 15 is 0 Å². The van der Waals surface area contributed by atoms with E-state index in [9.17, 15) is 9.59 Å². The van der Waals surface area contributed by atoms with E-state index in [1.807, 2.05) is 0 Å². The fraction of sp³-hybridized carbons (Fsp3) is 0.263. The van der Waals surface area contributed by atoms with E-state index in [0.717, 1.165) is 19.4 Å². The lowest BCUT2D eigenvalue weighted by atomic mass is 10.1. The number of anilines is 1. The van der Waals surface area contributed by atoms with Gasteiger partial charge in [0.1, 0.15) is 0 Å². The van der Waals surface area contributed by atoms with Crippen LogP contribution in [-0.2, 0) is 4.74 Å². The van der Waals surface area contributed by atoms with Crippen LogP contribution in [0.1, 0.15) is 33.6 Å². The Labute approximate surface area is 151 Å². The van der Waals surface area contributed by atoms with E-state index < -0.39 is 0 Å². The quantitative estimate of drug-likeness (QED) is 0.859. The van der Waals surface area contributed by atoms with Crippen molar-refractivity contribution in [3.8, 4) is 0 Å². The first-order valence-electron chi connectivity index (χ1n) is 8.18. The van der Waals surface area contributed by atoms with Gasteiger partial charge in [0.2, 0.25) is 0 Å². The lowest BCUT2D eigenvalue weighted by molar-refractivity contribution is 0.0858. The van der Waals surface area contributed by atoms with Gasteiger partial charge in [0.15, 0.2) is 0 Å². The number of halogens is 1. The number of benzene rings is 2. The topological polar surface area (TPSA) is 67.4 Å². The fourth-order valence-electron chi connectivity index (χ4n) is 2.65. The maximum absolute atomic E-state index is 12.3. The van der Waals surface area contributed by atoms with Crippen LogP contribution in [0.25, 0.3) is 0 Å². The lowest BCUT2D eigenvalue weighted by Crippen LogP contribution is -2.31. The molecule has 0 bridgehead atoms. The van der Waals surface area contributed by atoms with Gasteiger partial charge >= 0.3 is 0 Å². The minimum atomic E-state index is -0.281. The molecule has 130 valence electrons. The first kappa shape index (κ1) is 17.5. The van der Waals surface area contributed by atoms with Crippen molar-refractivity contribution in [3.05, 3.63) is 64.7 Å². The monoisotopic (exact) mass is 358 g/mol. The smallest absolute Gasteiger partial charge is 0.255 e. The van der Waals surface area contributed by atoms with Crippen LogP contribution in [0.2, 0.25) is 5.02 Å². The predicted molar refractivity (Wildman–Crippen MR) is 97.2 cm³/mol. The molecule has 1 unspecified atom stereocenters. The maximum Gasteiger partial charge on any atom is 0.255 e. The molecule has 1 fully saturated rings. The number of ether oxygens (including phenoxy) is 1. The molecule has 0 spiro atoms. The molecule has 1 atom stereocenters. The van der Waals surface area contributed by atoms with Crippen LogP contribution in [0.15, 0.2) is 48.5 Å². The molecule has 0 saturated carbocycles. The second-order valence-electron chi connectivity index (χ2n) is 5.89. The SMILES string of the molecule is O=C(NCC1CCCO1)c1cccc(C(=O)Nc2ccc(Cl)cc2)c1. The second-order valence-corrected chi connectivity index (χ2v) is 6.32. The van der Waals surface area contributed by atoms with E-state index in [-0.39, 0.29) is 17.9 Å². The van der Waals surface area contributed by atoms with E-state index in [1.54, 1.807) is 48.5 Å². The Hall–Kier alpha value is -2.37. The van der Waals surface area contributed by atoms with Crippen molar-refractivity contribution in [1.82, 2.24) is 5.32 Å². The second kappa shape index (κ2) is 8.14. The van der Waals surface area contributed by atoms with Gasteiger partial charge in [-0.15, -0.1) is 0 Å². The summed E-state index contributed by atoms with van der Waals surface area (Å²) in [6, 6.07) is 13.5. The highest BCUT2D eigenvalue weighted by Gasteiger charge is 2.17. The molecule has 25 heavy (non-hydrogen) atoms. The summed E-state index contributed by atoms with van der Waals surface area (Å²) >= 11 is 5.83. The van der Waals surface area contributed by atoms with E-state index in [0.29, 0.717) is 28.4 Å². The molecule has 2 N–H and O–H groups in total. The minimum absolute atomic E-state index is 0.0836. The van der Waals surface area contributed by atoms with Gasteiger partial charge in [-0.1, -0.05) is 17.7 Å². The van der Waals surface area contributed by atoms with Crippen LogP contribution in [0.3, 0.4) is 0 Å². The summed E-state index contributed by atoms with van der Waals surface area (Å²) in [5, 5.41) is 6.23. The first-order chi connectivity index (χ1) is 12.1. The molecule has 6 heteroatoms. The van der Waals surface area contributed by atoms with Crippen LogP contribution in [-0.4, -0.2) is 31.1 Å². The Morgan fingerprint density at radius 3 is 2.48 bits per heavy atom. The van der Waals surface area contributed by atoms with Crippen molar-refractivity contribution in [2.75, 3.05) is 18.5 Å². The molecule has 1 aliphatic rings. The normalized spacial score (nSPS) is 16.4. The highest BCUT2D eigenvalue weighted by molar-refractivity contribution is 6.30. The minimum Gasteiger partial charge on any atom is -0.376 e. The summed E-state index contributed by atoms with van der Waals surface area (Å²) in [6.45, 7) is 1.24. The van der Waals surface area contributed by atoms with Crippen molar-refractivity contribution in [2.45, 2.75) is 18.9 Å². The zero-order valence-electron chi connectivity index (χ0n) is 13.6. The molecule has 1 saturated heterocycles. The maximum atomic E-state index is 12.3. The molecule has 1 aliphatic heterocycles. The fourth-order valence-corrected chi connectivity index (χ4v) is 2.78. The molecule has 1 heterocycles. The number of hydrogen-bond donors (Lipinski definition) is 2. The number of hydrogen-bond acceptors (Lipinski definition) is 3. The van der Waals surface area contributed by atoms with Crippen molar-refractivity contribution in [2.24, 2.45) is 0 Å². The van der Waals surface area contributed by atoms with Gasteiger partial charge in [0.05, 0.1) is 6.10 Å². The zero-order valence-corrected chi connectivity index (χ0v) is 14.4. The average molecular weight is 359 g/mol. The average Bonchev–Trinajstić information content (AvgIpc) is 3.15. The Bertz CT molecular complexity index is 756. The third-order valence-corrected chi connectivity index (χ3v) is 4.26. The molecular formula is C19H19ClN2O3. The standard InChI is InChI=1S/C19H19ClN2O3/c20-15-6-8-16(9-7-15)22-19(24)14-4-1-3-13(11-14)18(23)21-12-17-5-2-10-25-17/h1,3-4,6-9,11,17H,2,5,10,12H2,(H,21,23)(H,22,24). The molecule has 3 rings (SSSR count). The molecular weight excluding hydrogens is 340 g/mol. The number of amides is 2. The highest BCUT2D eigenvalue weighted by atomic mass is 35.5. The van der Waals surface area contributed by atoms with Crippen molar-refractivity contribution < 1.29 is 14.3 Å². The number of rotatable bonds is 5. The third-order valence-electron chi connectivity index (χ3n) is 4.00. The van der Waals surface area contributed by atoms with Gasteiger partial charge in [-0.3, -0.25) is 9.59 Å². The molecule has 2 aromatic rings. The first-order valence-corrected chi connectivity index (χ1v) is 8.56. The van der Waals surface area contributed by atoms with Crippen molar-refractivity contribution in [1.29, 1.82) is 0 Å². The van der Waals surface area contributed by atoms with Gasteiger partial charge < -0.3 is 15.4 Å². The summed E-state index contributed by atoms with van der Waals surface area (Å²) in [7, 11) is 0. The van der Waals surface area contributed by atoms with Crippen LogP contribution in [0, 0.1) is 0 Å². The molecule has 5 nitrogen and oxygen atoms in total. The Balaban J connectivity index is 1.62. The van der Waals surface area contributed by atoms with Crippen LogP contribution >= 0.6 is 11.6 Å². The summed E-state index contributed by atoms with van der Waals surface area (Å²) in [4.78, 5) is 24.6. The van der Waals surface area contributed by atoms with E-state index in [2.05, 4.69) is 10.6 Å². The molecule has 2 amide bonds. The Kier molecular flexibility index (Phi) is 5.68. The summed E-state index contributed by atoms with van der Waals surface area (Å²) in [6.07, 6.45) is 2.07. The highest BCUT2D eigenvalue weighted by Crippen LogP contribution is 2.15. The summed E-state index contributed by atoms with van der Waals surface area (Å²) in [5.74, 6) is -0.493. The summed E-state index contributed by atoms with van der Waals surface area (Å²) in [5.41, 5.74) is 1.50. The van der Waals surface area contributed by atoms with E-state index in [1.165, 1.54) is 0 Å². The molecule has 0 aromatic heterocycles. The zero-order chi connectivity index (χ0) is 17.6. The third kappa shape index (κ3) is 4.81.